The third-order valence-corrected chi connectivity index (χ3v) is 4.77. The number of methoxy groups -OCH3 is 3. The van der Waals surface area contributed by atoms with Gasteiger partial charge in [-0.1, -0.05) is 12.1 Å². The van der Waals surface area contributed by atoms with E-state index in [0.717, 1.165) is 34.3 Å². The highest BCUT2D eigenvalue weighted by atomic mass is 127. The summed E-state index contributed by atoms with van der Waals surface area (Å²) in [6.07, 6.45) is -0.0748. The zero-order valence-corrected chi connectivity index (χ0v) is 21.7. The lowest BCUT2D eigenvalue weighted by atomic mass is 10.1. The lowest BCUT2D eigenvalue weighted by Gasteiger charge is -2.25. The van der Waals surface area contributed by atoms with Gasteiger partial charge in [0.1, 0.15) is 6.10 Å². The Labute approximate surface area is 202 Å². The molecule has 31 heavy (non-hydrogen) atoms. The molecule has 2 aromatic rings. The number of ether oxygens (including phenoxy) is 4. The number of hydrogen-bond acceptors (Lipinski definition) is 5. The normalized spacial score (nSPS) is 11.8. The highest BCUT2D eigenvalue weighted by Crippen LogP contribution is 2.30. The van der Waals surface area contributed by atoms with Gasteiger partial charge in [0.2, 0.25) is 0 Å². The Balaban J connectivity index is 0.00000480. The van der Waals surface area contributed by atoms with Gasteiger partial charge < -0.3 is 29.2 Å². The first-order chi connectivity index (χ1) is 14.4. The van der Waals surface area contributed by atoms with Gasteiger partial charge in [0.05, 0.1) is 27.9 Å². The van der Waals surface area contributed by atoms with Crippen LogP contribution in [0.2, 0.25) is 0 Å². The van der Waals surface area contributed by atoms with Crippen molar-refractivity contribution in [1.82, 2.24) is 10.2 Å². The number of aryl methyl sites for hydroxylation is 1. The van der Waals surface area contributed by atoms with Crippen molar-refractivity contribution in [1.29, 1.82) is 0 Å². The average molecular weight is 543 g/mol. The van der Waals surface area contributed by atoms with Gasteiger partial charge in [-0.2, -0.15) is 0 Å². The molecule has 0 spiro atoms. The van der Waals surface area contributed by atoms with Crippen molar-refractivity contribution in [2.45, 2.75) is 26.5 Å². The summed E-state index contributed by atoms with van der Waals surface area (Å²) < 4.78 is 22.2. The Morgan fingerprint density at radius 2 is 1.58 bits per heavy atom. The molecule has 0 radical (unpaired) electrons. The molecule has 0 bridgehead atoms. The molecule has 0 amide bonds. The Hall–Kier alpha value is -2.36. The molecule has 0 saturated heterocycles. The number of para-hydroxylation sites is 2. The molecule has 0 aliphatic heterocycles. The third-order valence-electron chi connectivity index (χ3n) is 4.77. The maximum Gasteiger partial charge on any atom is 0.193 e. The maximum atomic E-state index is 6.01. The molecule has 2 aromatic carbocycles. The van der Waals surface area contributed by atoms with Crippen LogP contribution >= 0.6 is 24.0 Å². The second-order valence-corrected chi connectivity index (χ2v) is 7.00. The Morgan fingerprint density at radius 1 is 1.00 bits per heavy atom. The van der Waals surface area contributed by atoms with E-state index in [1.807, 2.05) is 50.4 Å². The summed E-state index contributed by atoms with van der Waals surface area (Å²) in [6.45, 7) is 5.34. The molecule has 0 fully saturated rings. The second-order valence-electron chi connectivity index (χ2n) is 7.00. The highest BCUT2D eigenvalue weighted by Gasteiger charge is 2.14. The molecule has 1 N–H and O–H groups in total. The smallest absolute Gasteiger partial charge is 0.193 e. The summed E-state index contributed by atoms with van der Waals surface area (Å²) in [4.78, 5) is 6.46. The SMILES string of the molecule is CN=C(NCC(C)Oc1ccccc1OC)N(C)Cc1cc(OC)c(OC)cc1C.I. The standard InChI is InChI=1S/C23H33N3O4.HI/c1-16-12-21(28-6)22(29-7)13-18(16)15-26(4)23(24-3)25-14-17(2)30-20-11-9-8-10-19(20)27-5;/h8-13,17H,14-15H2,1-7H3,(H,24,25);1H. The number of guanidine groups is 1. The van der Waals surface area contributed by atoms with E-state index in [0.29, 0.717) is 18.8 Å². The number of hydrogen-bond donors (Lipinski definition) is 1. The summed E-state index contributed by atoms with van der Waals surface area (Å²) in [5.41, 5.74) is 2.26. The molecule has 0 saturated carbocycles. The predicted octanol–water partition coefficient (Wildman–Crippen LogP) is 4.11. The van der Waals surface area contributed by atoms with E-state index in [2.05, 4.69) is 22.1 Å². The Kier molecular flexibility index (Phi) is 11.3. The fraction of sp³-hybridized carbons (Fsp3) is 0.435. The number of benzene rings is 2. The molecule has 0 heterocycles. The molecule has 2 rings (SSSR count). The quantitative estimate of drug-likeness (QED) is 0.292. The van der Waals surface area contributed by atoms with Crippen LogP contribution in [-0.4, -0.2) is 58.9 Å². The van der Waals surface area contributed by atoms with E-state index in [-0.39, 0.29) is 30.1 Å². The summed E-state index contributed by atoms with van der Waals surface area (Å²) in [6, 6.07) is 11.6. The van der Waals surface area contributed by atoms with Crippen molar-refractivity contribution in [3.05, 3.63) is 47.5 Å². The zero-order chi connectivity index (χ0) is 22.1. The largest absolute Gasteiger partial charge is 0.493 e. The summed E-state index contributed by atoms with van der Waals surface area (Å²) in [5.74, 6) is 3.66. The molecule has 172 valence electrons. The van der Waals surface area contributed by atoms with E-state index >= 15 is 0 Å². The van der Waals surface area contributed by atoms with Crippen LogP contribution in [0, 0.1) is 6.92 Å². The minimum absolute atomic E-state index is 0. The minimum Gasteiger partial charge on any atom is -0.493 e. The van der Waals surface area contributed by atoms with Crippen LogP contribution in [0.4, 0.5) is 0 Å². The van der Waals surface area contributed by atoms with Crippen LogP contribution in [-0.2, 0) is 6.54 Å². The van der Waals surface area contributed by atoms with Gasteiger partial charge in [-0.15, -0.1) is 24.0 Å². The molecular formula is C23H34IN3O4. The number of nitrogens with zero attached hydrogens (tertiary/aromatic N) is 2. The first-order valence-electron chi connectivity index (χ1n) is 9.86. The van der Waals surface area contributed by atoms with Crippen LogP contribution in [0.1, 0.15) is 18.1 Å². The Bertz CT molecular complexity index is 861. The van der Waals surface area contributed by atoms with Crippen molar-refractivity contribution in [2.75, 3.05) is 42.0 Å². The van der Waals surface area contributed by atoms with E-state index in [1.165, 1.54) is 0 Å². The average Bonchev–Trinajstić information content (AvgIpc) is 2.75. The summed E-state index contributed by atoms with van der Waals surface area (Å²) in [7, 11) is 8.69. The van der Waals surface area contributed by atoms with Gasteiger partial charge in [0.15, 0.2) is 29.0 Å². The summed E-state index contributed by atoms with van der Waals surface area (Å²) >= 11 is 0. The molecule has 0 aliphatic rings. The fourth-order valence-electron chi connectivity index (χ4n) is 3.12. The van der Waals surface area contributed by atoms with Crippen molar-refractivity contribution >= 4 is 29.9 Å². The van der Waals surface area contributed by atoms with Crippen LogP contribution in [0.3, 0.4) is 0 Å². The first-order valence-corrected chi connectivity index (χ1v) is 9.86. The van der Waals surface area contributed by atoms with Crippen LogP contribution in [0.15, 0.2) is 41.4 Å². The number of nitrogens with one attached hydrogen (secondary N) is 1. The molecule has 1 atom stereocenters. The highest BCUT2D eigenvalue weighted by molar-refractivity contribution is 14.0. The predicted molar refractivity (Wildman–Crippen MR) is 136 cm³/mol. The molecule has 8 heteroatoms. The van der Waals surface area contributed by atoms with Gasteiger partial charge in [0.25, 0.3) is 0 Å². The van der Waals surface area contributed by atoms with E-state index in [9.17, 15) is 0 Å². The van der Waals surface area contributed by atoms with Gasteiger partial charge >= 0.3 is 0 Å². The Morgan fingerprint density at radius 3 is 2.16 bits per heavy atom. The van der Waals surface area contributed by atoms with Crippen molar-refractivity contribution in [2.24, 2.45) is 4.99 Å². The molecular weight excluding hydrogens is 509 g/mol. The lowest BCUT2D eigenvalue weighted by Crippen LogP contribution is -2.42. The topological polar surface area (TPSA) is 64.6 Å². The monoisotopic (exact) mass is 543 g/mol. The van der Waals surface area contributed by atoms with Gasteiger partial charge in [-0.05, 0) is 49.2 Å². The van der Waals surface area contributed by atoms with E-state index < -0.39 is 0 Å². The third kappa shape index (κ3) is 7.37. The maximum absolute atomic E-state index is 6.01. The van der Waals surface area contributed by atoms with Gasteiger partial charge in [-0.25, -0.2) is 0 Å². The number of aliphatic imine (C=N–C) groups is 1. The van der Waals surface area contributed by atoms with Crippen LogP contribution < -0.4 is 24.3 Å². The van der Waals surface area contributed by atoms with E-state index in [4.69, 9.17) is 18.9 Å². The van der Waals surface area contributed by atoms with Crippen LogP contribution in [0.25, 0.3) is 0 Å². The van der Waals surface area contributed by atoms with Crippen molar-refractivity contribution in [3.8, 4) is 23.0 Å². The summed E-state index contributed by atoms with van der Waals surface area (Å²) in [5, 5.41) is 3.37. The lowest BCUT2D eigenvalue weighted by molar-refractivity contribution is 0.212. The van der Waals surface area contributed by atoms with Gasteiger partial charge in [0, 0.05) is 20.6 Å². The van der Waals surface area contributed by atoms with Crippen LogP contribution in [0.5, 0.6) is 23.0 Å². The number of rotatable bonds is 9. The van der Waals surface area contributed by atoms with Crippen molar-refractivity contribution in [3.63, 3.8) is 0 Å². The molecule has 0 aromatic heterocycles. The first kappa shape index (κ1) is 26.7. The van der Waals surface area contributed by atoms with E-state index in [1.54, 1.807) is 28.4 Å². The molecule has 0 aliphatic carbocycles. The minimum atomic E-state index is -0.0748. The fourth-order valence-corrected chi connectivity index (χ4v) is 3.12. The number of halogens is 1. The van der Waals surface area contributed by atoms with Gasteiger partial charge in [-0.3, -0.25) is 4.99 Å². The molecule has 7 nitrogen and oxygen atoms in total. The zero-order valence-electron chi connectivity index (χ0n) is 19.4. The molecule has 1 unspecified atom stereocenters. The second kappa shape index (κ2) is 13.1. The van der Waals surface area contributed by atoms with Crippen molar-refractivity contribution < 1.29 is 18.9 Å².